The van der Waals surface area contributed by atoms with Crippen LogP contribution in [0.15, 0.2) is 62.2 Å². The topological polar surface area (TPSA) is 12.0 Å². The molecule has 1 N–H and O–H groups in total. The average Bonchev–Trinajstić information content (AvgIpc) is 2.77. The van der Waals surface area contributed by atoms with E-state index in [1.807, 2.05) is 6.07 Å². The number of anilines is 1. The van der Waals surface area contributed by atoms with Gasteiger partial charge in [0, 0.05) is 11.5 Å². The molecule has 0 spiro atoms. The van der Waals surface area contributed by atoms with Gasteiger partial charge in [0.2, 0.25) is 0 Å². The van der Waals surface area contributed by atoms with Crippen molar-refractivity contribution in [2.45, 2.75) is 19.4 Å². The zero-order valence-corrected chi connectivity index (χ0v) is 16.4. The van der Waals surface area contributed by atoms with E-state index in [9.17, 15) is 0 Å². The lowest BCUT2D eigenvalue weighted by Gasteiger charge is -2.35. The SMILES string of the molecule is CC1C=CC=CC1(C)Nc1c(Br)sc(Br)c1-c1ccccc1. The van der Waals surface area contributed by atoms with E-state index < -0.39 is 0 Å². The monoisotopic (exact) mass is 437 g/mol. The van der Waals surface area contributed by atoms with Gasteiger partial charge in [-0.2, -0.15) is 0 Å². The van der Waals surface area contributed by atoms with Gasteiger partial charge in [0.25, 0.3) is 0 Å². The van der Waals surface area contributed by atoms with Gasteiger partial charge in [-0.25, -0.2) is 0 Å². The van der Waals surface area contributed by atoms with Gasteiger partial charge in [0.1, 0.15) is 0 Å². The number of hydrogen-bond donors (Lipinski definition) is 1. The molecule has 1 aromatic heterocycles. The second-order valence-electron chi connectivity index (χ2n) is 5.71. The van der Waals surface area contributed by atoms with Crippen LogP contribution in [0.2, 0.25) is 0 Å². The van der Waals surface area contributed by atoms with E-state index in [4.69, 9.17) is 0 Å². The highest BCUT2D eigenvalue weighted by molar-refractivity contribution is 9.12. The summed E-state index contributed by atoms with van der Waals surface area (Å²) < 4.78 is 2.26. The molecule has 114 valence electrons. The summed E-state index contributed by atoms with van der Waals surface area (Å²) in [5, 5.41) is 3.76. The third-order valence-corrected chi connectivity index (χ3v) is 6.71. The number of allylic oxidation sites excluding steroid dienone is 2. The Kier molecular flexibility index (Phi) is 4.62. The summed E-state index contributed by atoms with van der Waals surface area (Å²) in [6, 6.07) is 10.5. The summed E-state index contributed by atoms with van der Waals surface area (Å²) in [6.07, 6.45) is 8.71. The Balaban J connectivity index is 2.05. The molecule has 0 radical (unpaired) electrons. The fourth-order valence-corrected chi connectivity index (χ4v) is 5.70. The fourth-order valence-electron chi connectivity index (χ4n) is 2.61. The maximum absolute atomic E-state index is 3.76. The van der Waals surface area contributed by atoms with Crippen molar-refractivity contribution in [2.75, 3.05) is 5.32 Å². The van der Waals surface area contributed by atoms with Crippen LogP contribution in [0.1, 0.15) is 13.8 Å². The van der Waals surface area contributed by atoms with E-state index in [0.29, 0.717) is 5.92 Å². The van der Waals surface area contributed by atoms with E-state index in [1.54, 1.807) is 11.3 Å². The molecule has 0 bridgehead atoms. The summed E-state index contributed by atoms with van der Waals surface area (Å²) >= 11 is 9.15. The van der Waals surface area contributed by atoms with Crippen LogP contribution < -0.4 is 5.32 Å². The van der Waals surface area contributed by atoms with Crippen LogP contribution in [0.5, 0.6) is 0 Å². The Bertz CT molecular complexity index is 733. The van der Waals surface area contributed by atoms with Crippen molar-refractivity contribution in [3.8, 4) is 11.1 Å². The minimum Gasteiger partial charge on any atom is -0.374 e. The fraction of sp³-hybridized carbons (Fsp3) is 0.222. The molecule has 0 saturated heterocycles. The lowest BCUT2D eigenvalue weighted by atomic mass is 9.83. The van der Waals surface area contributed by atoms with Crippen LogP contribution >= 0.6 is 43.2 Å². The number of nitrogens with one attached hydrogen (secondary N) is 1. The van der Waals surface area contributed by atoms with Crippen molar-refractivity contribution in [2.24, 2.45) is 5.92 Å². The maximum atomic E-state index is 3.76. The van der Waals surface area contributed by atoms with Crippen LogP contribution in [0.4, 0.5) is 5.69 Å². The van der Waals surface area contributed by atoms with Gasteiger partial charge < -0.3 is 5.32 Å². The smallest absolute Gasteiger partial charge is 0.0948 e. The van der Waals surface area contributed by atoms with E-state index in [1.165, 1.54) is 11.1 Å². The number of benzene rings is 1. The van der Waals surface area contributed by atoms with E-state index in [0.717, 1.165) is 13.3 Å². The van der Waals surface area contributed by atoms with Gasteiger partial charge >= 0.3 is 0 Å². The number of rotatable bonds is 3. The molecule has 1 heterocycles. The zero-order chi connectivity index (χ0) is 15.7. The van der Waals surface area contributed by atoms with Crippen LogP contribution in [0, 0.1) is 5.92 Å². The molecule has 1 aliphatic carbocycles. The van der Waals surface area contributed by atoms with Crippen molar-refractivity contribution < 1.29 is 0 Å². The predicted octanol–water partition coefficient (Wildman–Crippen LogP) is 6.87. The first-order chi connectivity index (χ1) is 10.5. The van der Waals surface area contributed by atoms with Gasteiger partial charge in [-0.1, -0.05) is 61.6 Å². The summed E-state index contributed by atoms with van der Waals surface area (Å²) in [4.78, 5) is 0. The Hall–Kier alpha value is -0.840. The minimum absolute atomic E-state index is 0.0959. The predicted molar refractivity (Wildman–Crippen MR) is 105 cm³/mol. The molecule has 0 fully saturated rings. The summed E-state index contributed by atoms with van der Waals surface area (Å²) in [5.41, 5.74) is 3.48. The third-order valence-electron chi connectivity index (χ3n) is 4.18. The van der Waals surface area contributed by atoms with Gasteiger partial charge in [-0.05, 0) is 44.3 Å². The molecule has 1 nitrogen and oxygen atoms in total. The molecule has 0 aliphatic heterocycles. The second-order valence-corrected chi connectivity index (χ2v) is 9.36. The molecule has 3 rings (SSSR count). The Morgan fingerprint density at radius 1 is 1.09 bits per heavy atom. The first kappa shape index (κ1) is 16.0. The summed E-state index contributed by atoms with van der Waals surface area (Å²) in [6.45, 7) is 4.48. The summed E-state index contributed by atoms with van der Waals surface area (Å²) in [7, 11) is 0. The molecule has 0 amide bonds. The van der Waals surface area contributed by atoms with Crippen LogP contribution in [0.25, 0.3) is 11.1 Å². The molecule has 1 aromatic carbocycles. The molecular formula is C18H17Br2NS. The summed E-state index contributed by atoms with van der Waals surface area (Å²) in [5.74, 6) is 0.423. The lowest BCUT2D eigenvalue weighted by Crippen LogP contribution is -2.39. The largest absolute Gasteiger partial charge is 0.374 e. The molecule has 2 unspecified atom stereocenters. The van der Waals surface area contributed by atoms with E-state index in [-0.39, 0.29) is 5.54 Å². The molecule has 2 aromatic rings. The number of thiophene rings is 1. The van der Waals surface area contributed by atoms with Gasteiger partial charge in [0.05, 0.1) is 18.8 Å². The zero-order valence-electron chi connectivity index (χ0n) is 12.4. The number of hydrogen-bond acceptors (Lipinski definition) is 2. The molecule has 0 saturated carbocycles. The molecule has 22 heavy (non-hydrogen) atoms. The van der Waals surface area contributed by atoms with Crippen LogP contribution in [-0.2, 0) is 0 Å². The van der Waals surface area contributed by atoms with Gasteiger partial charge in [-0.15, -0.1) is 11.3 Å². The molecular weight excluding hydrogens is 422 g/mol. The highest BCUT2D eigenvalue weighted by atomic mass is 79.9. The Morgan fingerprint density at radius 3 is 2.50 bits per heavy atom. The van der Waals surface area contributed by atoms with Gasteiger partial charge in [0.15, 0.2) is 0 Å². The maximum Gasteiger partial charge on any atom is 0.0948 e. The van der Waals surface area contributed by atoms with Gasteiger partial charge in [-0.3, -0.25) is 0 Å². The van der Waals surface area contributed by atoms with E-state index >= 15 is 0 Å². The van der Waals surface area contributed by atoms with Crippen molar-refractivity contribution in [3.63, 3.8) is 0 Å². The Labute approximate surface area is 152 Å². The van der Waals surface area contributed by atoms with E-state index in [2.05, 4.69) is 99.6 Å². The third kappa shape index (κ3) is 2.97. The highest BCUT2D eigenvalue weighted by Gasteiger charge is 2.30. The molecule has 1 aliphatic rings. The lowest BCUT2D eigenvalue weighted by molar-refractivity contribution is 0.493. The normalized spacial score (nSPS) is 23.7. The average molecular weight is 439 g/mol. The molecule has 2 atom stereocenters. The first-order valence-corrected chi connectivity index (χ1v) is 9.59. The van der Waals surface area contributed by atoms with Crippen LogP contribution in [-0.4, -0.2) is 5.54 Å². The highest BCUT2D eigenvalue weighted by Crippen LogP contribution is 2.48. The van der Waals surface area contributed by atoms with Crippen molar-refractivity contribution in [3.05, 3.63) is 62.2 Å². The quantitative estimate of drug-likeness (QED) is 0.550. The standard InChI is InChI=1S/C18H17Br2NS/c1-12-8-6-7-11-18(12,2)21-15-14(16(19)22-17(15)20)13-9-4-3-5-10-13/h3-12,21H,1-2H3. The van der Waals surface area contributed by atoms with Crippen molar-refractivity contribution >= 4 is 48.9 Å². The first-order valence-electron chi connectivity index (χ1n) is 7.18. The second kappa shape index (κ2) is 6.34. The van der Waals surface area contributed by atoms with Crippen molar-refractivity contribution in [1.29, 1.82) is 0 Å². The van der Waals surface area contributed by atoms with Crippen LogP contribution in [0.3, 0.4) is 0 Å². The molecule has 4 heteroatoms. The van der Waals surface area contributed by atoms with Crippen molar-refractivity contribution in [1.82, 2.24) is 0 Å². The minimum atomic E-state index is -0.0959. The Morgan fingerprint density at radius 2 is 1.82 bits per heavy atom. The number of halogens is 2.